The first kappa shape index (κ1) is 45.4. The van der Waals surface area contributed by atoms with Gasteiger partial charge in [-0.3, -0.25) is 4.79 Å². The number of hydrogen-bond acceptors (Lipinski definition) is 2. The minimum Gasteiger partial charge on any atom is -0.693 e. The number of hydrogen-bond donors (Lipinski definition) is 1. The fraction of sp³-hybridized carbons (Fsp3) is 0.818. The summed E-state index contributed by atoms with van der Waals surface area (Å²) in [6, 6.07) is 0. The van der Waals surface area contributed by atoms with E-state index in [-0.39, 0.29) is 139 Å². The molecule has 2 aliphatic rings. The Morgan fingerprint density at radius 1 is 0.833 bits per heavy atom. The molecule has 30 heavy (non-hydrogen) atoms. The van der Waals surface area contributed by atoms with Crippen molar-refractivity contribution in [3.8, 4) is 0 Å². The number of halogens is 1. The van der Waals surface area contributed by atoms with Crippen molar-refractivity contribution in [1.82, 2.24) is 0 Å². The molecule has 0 aromatic rings. The third-order valence-electron chi connectivity index (χ3n) is 6.33. The second-order valence-corrected chi connectivity index (χ2v) is 9.37. The van der Waals surface area contributed by atoms with Gasteiger partial charge in [0.25, 0.3) is 0 Å². The first-order valence-electron chi connectivity index (χ1n) is 9.38. The van der Waals surface area contributed by atoms with Gasteiger partial charge in [0, 0.05) is 71.3 Å². The zero-order valence-corrected chi connectivity index (χ0v) is 28.5. The number of nitrogens with one attached hydrogen (secondary N) is 1. The van der Waals surface area contributed by atoms with Crippen LogP contribution in [0.25, 0.3) is 11.9 Å². The van der Waals surface area contributed by atoms with Gasteiger partial charge in [-0.25, -0.2) is 0 Å². The molecule has 0 aromatic carbocycles. The van der Waals surface area contributed by atoms with E-state index in [2.05, 4.69) is 41.5 Å². The Kier molecular flexibility index (Phi) is 29.0. The summed E-state index contributed by atoms with van der Waals surface area (Å²) in [7, 11) is 0. The molecule has 5 nitrogen and oxygen atoms in total. The Balaban J connectivity index is -0.0000000800. The summed E-state index contributed by atoms with van der Waals surface area (Å²) in [5.41, 5.74) is 7.26. The fourth-order valence-electron chi connectivity index (χ4n) is 5.14. The molecule has 0 heterocycles. The second kappa shape index (κ2) is 19.2. The van der Waals surface area contributed by atoms with Crippen LogP contribution in [0, 0.1) is 49.4 Å². The van der Waals surface area contributed by atoms with Crippen LogP contribution in [0.1, 0.15) is 80.1 Å². The van der Waals surface area contributed by atoms with E-state index in [0.717, 1.165) is 25.7 Å². The van der Waals surface area contributed by atoms with Crippen molar-refractivity contribution >= 4 is 35.9 Å². The summed E-state index contributed by atoms with van der Waals surface area (Å²) in [6.45, 7) is 12.5. The Bertz CT molecular complexity index is 435. The van der Waals surface area contributed by atoms with E-state index < -0.39 is 5.97 Å². The largest absolute Gasteiger partial charge is 0.693 e. The van der Waals surface area contributed by atoms with Crippen molar-refractivity contribution < 1.29 is 80.1 Å². The van der Waals surface area contributed by atoms with Gasteiger partial charge in [-0.2, -0.15) is 0 Å². The van der Waals surface area contributed by atoms with Gasteiger partial charge in [0.15, 0.2) is 0 Å². The number of carboxylic acid groups (broad SMARTS) is 1. The van der Waals surface area contributed by atoms with Crippen molar-refractivity contribution in [2.75, 3.05) is 0 Å². The second-order valence-electron chi connectivity index (χ2n) is 9.37. The third-order valence-corrected chi connectivity index (χ3v) is 6.33. The molecule has 0 saturated heterocycles. The van der Waals surface area contributed by atoms with Gasteiger partial charge in [-0.1, -0.05) is 60.8 Å². The predicted octanol–water partition coefficient (Wildman–Crippen LogP) is 7.79. The molecule has 8 heteroatoms. The number of amides is 1. The molecular formula is C22H45IN2O3Y2-4. The van der Waals surface area contributed by atoms with E-state index in [0.29, 0.717) is 11.8 Å². The first-order valence-corrected chi connectivity index (χ1v) is 9.38. The van der Waals surface area contributed by atoms with Crippen LogP contribution in [0.5, 0.6) is 0 Å². The van der Waals surface area contributed by atoms with Crippen LogP contribution in [-0.2, 0) is 75.0 Å². The Labute approximate surface area is 254 Å². The smallest absolute Gasteiger partial charge is 0.307 e. The molecular weight excluding hydrogens is 645 g/mol. The first-order chi connectivity index (χ1) is 10.9. The molecule has 2 fully saturated rings. The number of nitrogens with two attached hydrogens (primary N) is 1. The summed E-state index contributed by atoms with van der Waals surface area (Å²) in [5, 5.41) is 9.04. The minimum absolute atomic E-state index is 0. The van der Waals surface area contributed by atoms with Crippen LogP contribution in [0.2, 0.25) is 0 Å². The topological polar surface area (TPSA) is 112 Å². The van der Waals surface area contributed by atoms with Gasteiger partial charge < -0.3 is 36.6 Å². The van der Waals surface area contributed by atoms with E-state index >= 15 is 0 Å². The third kappa shape index (κ3) is 12.9. The summed E-state index contributed by atoms with van der Waals surface area (Å²) in [5.74, 6) is -0.429. The van der Waals surface area contributed by atoms with Gasteiger partial charge >= 0.3 is 5.97 Å². The predicted molar refractivity (Wildman–Crippen MR) is 131 cm³/mol. The van der Waals surface area contributed by atoms with Crippen molar-refractivity contribution in [3.05, 3.63) is 26.7 Å². The van der Waals surface area contributed by atoms with Crippen LogP contribution < -0.4 is 0 Å². The Hall–Kier alpha value is 1.84. The van der Waals surface area contributed by atoms with Crippen molar-refractivity contribution in [1.29, 1.82) is 0 Å². The van der Waals surface area contributed by atoms with Crippen molar-refractivity contribution in [2.24, 2.45) is 34.5 Å². The molecule has 0 aromatic heterocycles. The zero-order valence-electron chi connectivity index (χ0n) is 20.5. The maximum Gasteiger partial charge on any atom is 0.307 e. The molecule has 0 spiro atoms. The standard InChI is InChI=1S/C10H19NO.C10H18O2.2CH3.HI.H2N.2Y/c2*1-7-5-4-6-10(2,3)8(7)9(11)12;;;;;;/h7-8H,4-6H2,1-3H3,(H2,11,12);7-8H,4-6H2,1-3H3,(H,11,12);2*1H3;1H;1H2;;/q;;2*-1;;-1;;/p-1. The molecule has 4 atom stereocenters. The van der Waals surface area contributed by atoms with Crippen LogP contribution in [0.3, 0.4) is 0 Å². The SMILES string of the molecule is CC1CCCC(C)(C)C1C(=O)O.CC1CCCC(C)(C)C1C([NH-])=O.I.[CH3-].[CH3-].[NH2-].[Y].[Y]. The molecule has 178 valence electrons. The molecule has 1 amide bonds. The number of carboxylic acids is 1. The molecule has 2 radical (unpaired) electrons. The molecule has 2 aliphatic carbocycles. The number of rotatable bonds is 2. The summed E-state index contributed by atoms with van der Waals surface area (Å²) < 4.78 is 0. The van der Waals surface area contributed by atoms with E-state index in [1.54, 1.807) is 0 Å². The zero-order chi connectivity index (χ0) is 18.7. The van der Waals surface area contributed by atoms with E-state index in [9.17, 15) is 9.59 Å². The van der Waals surface area contributed by atoms with Gasteiger partial charge in [0.1, 0.15) is 0 Å². The molecule has 0 aliphatic heterocycles. The average molecular weight is 690 g/mol. The van der Waals surface area contributed by atoms with E-state index in [4.69, 9.17) is 10.8 Å². The van der Waals surface area contributed by atoms with Gasteiger partial charge in [-0.15, -0.1) is 24.0 Å². The van der Waals surface area contributed by atoms with E-state index in [1.807, 2.05) is 0 Å². The maximum absolute atomic E-state index is 11.1. The number of carbonyl (C=O) groups is 2. The quantitative estimate of drug-likeness (QED) is 0.236. The molecule has 0 bridgehead atoms. The monoisotopic (exact) mass is 690 g/mol. The van der Waals surface area contributed by atoms with Crippen LogP contribution in [-0.4, -0.2) is 17.0 Å². The van der Waals surface area contributed by atoms with E-state index in [1.165, 1.54) is 12.8 Å². The fourth-order valence-corrected chi connectivity index (χ4v) is 5.14. The molecule has 4 unspecified atom stereocenters. The normalized spacial score (nSPS) is 27.7. The average Bonchev–Trinajstić information content (AvgIpc) is 2.35. The maximum atomic E-state index is 11.1. The minimum atomic E-state index is -0.618. The molecule has 2 rings (SSSR count). The summed E-state index contributed by atoms with van der Waals surface area (Å²) in [4.78, 5) is 22.1. The van der Waals surface area contributed by atoms with Gasteiger partial charge in [0.2, 0.25) is 0 Å². The van der Waals surface area contributed by atoms with Gasteiger partial charge in [0.05, 0.1) is 11.8 Å². The number of aliphatic carboxylic acids is 1. The van der Waals surface area contributed by atoms with Crippen LogP contribution in [0.4, 0.5) is 0 Å². The van der Waals surface area contributed by atoms with Gasteiger partial charge in [-0.05, 0) is 41.9 Å². The number of carbonyl (C=O) groups excluding carboxylic acids is 1. The Morgan fingerprint density at radius 3 is 1.30 bits per heavy atom. The molecule has 2 saturated carbocycles. The van der Waals surface area contributed by atoms with Crippen molar-refractivity contribution in [3.63, 3.8) is 0 Å². The summed E-state index contributed by atoms with van der Waals surface area (Å²) in [6.07, 6.45) is 6.70. The molecule has 4 N–H and O–H groups in total. The Morgan fingerprint density at radius 2 is 1.13 bits per heavy atom. The van der Waals surface area contributed by atoms with Crippen molar-refractivity contribution in [2.45, 2.75) is 80.1 Å². The van der Waals surface area contributed by atoms with Crippen LogP contribution >= 0.6 is 24.0 Å². The van der Waals surface area contributed by atoms with Crippen LogP contribution in [0.15, 0.2) is 0 Å². The summed E-state index contributed by atoms with van der Waals surface area (Å²) >= 11 is 0.